The summed E-state index contributed by atoms with van der Waals surface area (Å²) in [5, 5.41) is 7.37. The van der Waals surface area contributed by atoms with Crippen molar-refractivity contribution in [3.05, 3.63) is 46.4 Å². The topological polar surface area (TPSA) is 44.4 Å². The molecular weight excluding hydrogens is 301 g/mol. The molecule has 0 spiro atoms. The quantitative estimate of drug-likeness (QED) is 0.900. The minimum Gasteiger partial charge on any atom is -0.369 e. The molecule has 2 aromatic rings. The zero-order valence-electron chi connectivity index (χ0n) is 12.1. The second-order valence-electron chi connectivity index (χ2n) is 5.25. The third kappa shape index (κ3) is 3.57. The number of nitrogens with one attached hydrogen (secondary N) is 2. The molecule has 3 rings (SSSR count). The SMILES string of the molecule is O=C(NCc1cccs1)Nc1ccc(N2CCCC2)c(F)c1. The maximum Gasteiger partial charge on any atom is 0.319 e. The Balaban J connectivity index is 1.57. The highest BCUT2D eigenvalue weighted by Gasteiger charge is 2.16. The summed E-state index contributed by atoms with van der Waals surface area (Å²) < 4.78 is 14.1. The van der Waals surface area contributed by atoms with Crippen LogP contribution in [0.5, 0.6) is 0 Å². The molecule has 2 N–H and O–H groups in total. The van der Waals surface area contributed by atoms with Gasteiger partial charge < -0.3 is 15.5 Å². The van der Waals surface area contributed by atoms with Crippen molar-refractivity contribution >= 4 is 28.7 Å². The molecule has 116 valence electrons. The highest BCUT2D eigenvalue weighted by Crippen LogP contribution is 2.26. The minimum atomic E-state index is -0.332. The van der Waals surface area contributed by atoms with E-state index in [2.05, 4.69) is 10.6 Å². The third-order valence-electron chi connectivity index (χ3n) is 3.66. The molecule has 0 bridgehead atoms. The van der Waals surface area contributed by atoms with E-state index in [4.69, 9.17) is 0 Å². The fraction of sp³-hybridized carbons (Fsp3) is 0.312. The second kappa shape index (κ2) is 6.79. The normalized spacial score (nSPS) is 14.1. The Labute approximate surface area is 132 Å². The van der Waals surface area contributed by atoms with Crippen LogP contribution in [-0.4, -0.2) is 19.1 Å². The van der Waals surface area contributed by atoms with Crippen LogP contribution in [0.3, 0.4) is 0 Å². The van der Waals surface area contributed by atoms with E-state index in [-0.39, 0.29) is 11.8 Å². The maximum absolute atomic E-state index is 14.1. The highest BCUT2D eigenvalue weighted by molar-refractivity contribution is 7.09. The molecule has 2 heterocycles. The van der Waals surface area contributed by atoms with Crippen LogP contribution in [0.2, 0.25) is 0 Å². The van der Waals surface area contributed by atoms with Gasteiger partial charge in [-0.15, -0.1) is 11.3 Å². The van der Waals surface area contributed by atoms with E-state index in [9.17, 15) is 9.18 Å². The average Bonchev–Trinajstić information content (AvgIpc) is 3.19. The van der Waals surface area contributed by atoms with E-state index in [1.165, 1.54) is 6.07 Å². The first-order valence-electron chi connectivity index (χ1n) is 7.34. The molecule has 2 amide bonds. The van der Waals surface area contributed by atoms with Gasteiger partial charge in [-0.25, -0.2) is 9.18 Å². The van der Waals surface area contributed by atoms with E-state index in [0.29, 0.717) is 17.9 Å². The zero-order valence-corrected chi connectivity index (χ0v) is 13.0. The van der Waals surface area contributed by atoms with Crippen molar-refractivity contribution in [2.75, 3.05) is 23.3 Å². The molecular formula is C16H18FN3OS. The Morgan fingerprint density at radius 2 is 2.09 bits per heavy atom. The van der Waals surface area contributed by atoms with Crippen molar-refractivity contribution in [2.45, 2.75) is 19.4 Å². The molecule has 0 radical (unpaired) electrons. The zero-order chi connectivity index (χ0) is 15.4. The number of hydrogen-bond donors (Lipinski definition) is 2. The third-order valence-corrected chi connectivity index (χ3v) is 4.53. The molecule has 0 atom stereocenters. The molecule has 1 aliphatic heterocycles. The van der Waals surface area contributed by atoms with Crippen molar-refractivity contribution in [1.29, 1.82) is 0 Å². The van der Waals surface area contributed by atoms with E-state index in [1.807, 2.05) is 22.4 Å². The second-order valence-corrected chi connectivity index (χ2v) is 6.28. The van der Waals surface area contributed by atoms with Gasteiger partial charge in [0, 0.05) is 23.7 Å². The van der Waals surface area contributed by atoms with Crippen molar-refractivity contribution < 1.29 is 9.18 Å². The van der Waals surface area contributed by atoms with Crippen LogP contribution < -0.4 is 15.5 Å². The lowest BCUT2D eigenvalue weighted by atomic mass is 10.2. The van der Waals surface area contributed by atoms with E-state index in [0.717, 1.165) is 30.8 Å². The summed E-state index contributed by atoms with van der Waals surface area (Å²) in [5.74, 6) is -0.294. The van der Waals surface area contributed by atoms with Gasteiger partial charge in [0.05, 0.1) is 12.2 Å². The predicted molar refractivity (Wildman–Crippen MR) is 88.0 cm³/mol. The van der Waals surface area contributed by atoms with Gasteiger partial charge in [-0.2, -0.15) is 0 Å². The lowest BCUT2D eigenvalue weighted by Crippen LogP contribution is -2.28. The van der Waals surface area contributed by atoms with E-state index < -0.39 is 0 Å². The largest absolute Gasteiger partial charge is 0.369 e. The monoisotopic (exact) mass is 319 g/mol. The fourth-order valence-electron chi connectivity index (χ4n) is 2.55. The number of benzene rings is 1. The molecule has 22 heavy (non-hydrogen) atoms. The number of amides is 2. The molecule has 1 aliphatic rings. The Morgan fingerprint density at radius 3 is 2.77 bits per heavy atom. The Morgan fingerprint density at radius 1 is 1.27 bits per heavy atom. The minimum absolute atomic E-state index is 0.294. The van der Waals surface area contributed by atoms with Crippen LogP contribution in [-0.2, 0) is 6.54 Å². The molecule has 6 heteroatoms. The van der Waals surface area contributed by atoms with Crippen molar-refractivity contribution in [2.24, 2.45) is 0 Å². The van der Waals surface area contributed by atoms with Crippen LogP contribution in [0.15, 0.2) is 35.7 Å². The summed E-state index contributed by atoms with van der Waals surface area (Å²) in [7, 11) is 0. The fourth-order valence-corrected chi connectivity index (χ4v) is 3.20. The molecule has 0 saturated carbocycles. The number of urea groups is 1. The summed E-state index contributed by atoms with van der Waals surface area (Å²) in [4.78, 5) is 14.9. The number of anilines is 2. The van der Waals surface area contributed by atoms with Crippen molar-refractivity contribution in [3.63, 3.8) is 0 Å². The summed E-state index contributed by atoms with van der Waals surface area (Å²) in [6, 6.07) is 8.40. The maximum atomic E-state index is 14.1. The number of halogens is 1. The summed E-state index contributed by atoms with van der Waals surface area (Å²) in [6.45, 7) is 2.26. The number of carbonyl (C=O) groups is 1. The number of rotatable bonds is 4. The van der Waals surface area contributed by atoms with Gasteiger partial charge in [0.15, 0.2) is 0 Å². The molecule has 1 aromatic carbocycles. The van der Waals surface area contributed by atoms with Gasteiger partial charge in [0.2, 0.25) is 0 Å². The van der Waals surface area contributed by atoms with Gasteiger partial charge >= 0.3 is 6.03 Å². The standard InChI is InChI=1S/C16H18FN3OS/c17-14-10-12(5-6-15(14)20-7-1-2-8-20)19-16(21)18-11-13-4-3-9-22-13/h3-6,9-10H,1-2,7-8,11H2,(H2,18,19,21). The Hall–Kier alpha value is -2.08. The molecule has 0 aliphatic carbocycles. The first-order chi connectivity index (χ1) is 10.7. The van der Waals surface area contributed by atoms with Crippen LogP contribution in [0.1, 0.15) is 17.7 Å². The van der Waals surface area contributed by atoms with Gasteiger partial charge in [-0.3, -0.25) is 0 Å². The van der Waals surface area contributed by atoms with Crippen molar-refractivity contribution in [1.82, 2.24) is 5.32 Å². The molecule has 4 nitrogen and oxygen atoms in total. The first kappa shape index (κ1) is 14.8. The number of thiophene rings is 1. The number of hydrogen-bond acceptors (Lipinski definition) is 3. The van der Waals surface area contributed by atoms with Gasteiger partial charge in [-0.05, 0) is 42.5 Å². The molecule has 1 aromatic heterocycles. The van der Waals surface area contributed by atoms with Gasteiger partial charge in [-0.1, -0.05) is 6.07 Å². The number of carbonyl (C=O) groups excluding carboxylic acids is 1. The highest BCUT2D eigenvalue weighted by atomic mass is 32.1. The van der Waals surface area contributed by atoms with E-state index in [1.54, 1.807) is 23.5 Å². The van der Waals surface area contributed by atoms with Crippen LogP contribution in [0, 0.1) is 5.82 Å². The predicted octanol–water partition coefficient (Wildman–Crippen LogP) is 3.81. The van der Waals surface area contributed by atoms with Crippen LogP contribution >= 0.6 is 11.3 Å². The van der Waals surface area contributed by atoms with Crippen molar-refractivity contribution in [3.8, 4) is 0 Å². The molecule has 1 fully saturated rings. The first-order valence-corrected chi connectivity index (χ1v) is 8.22. The molecule has 1 saturated heterocycles. The lowest BCUT2D eigenvalue weighted by Gasteiger charge is -2.18. The summed E-state index contributed by atoms with van der Waals surface area (Å²) >= 11 is 1.58. The van der Waals surface area contributed by atoms with Gasteiger partial charge in [0.1, 0.15) is 5.82 Å². The Kier molecular flexibility index (Phi) is 4.58. The lowest BCUT2D eigenvalue weighted by molar-refractivity contribution is 0.252. The summed E-state index contributed by atoms with van der Waals surface area (Å²) in [5.41, 5.74) is 1.08. The summed E-state index contributed by atoms with van der Waals surface area (Å²) in [6.07, 6.45) is 2.20. The molecule has 0 unspecified atom stereocenters. The smallest absolute Gasteiger partial charge is 0.319 e. The van der Waals surface area contributed by atoms with Crippen LogP contribution in [0.25, 0.3) is 0 Å². The average molecular weight is 319 g/mol. The van der Waals surface area contributed by atoms with Gasteiger partial charge in [0.25, 0.3) is 0 Å². The number of nitrogens with zero attached hydrogens (tertiary/aromatic N) is 1. The Bertz CT molecular complexity index is 639. The van der Waals surface area contributed by atoms with Crippen LogP contribution in [0.4, 0.5) is 20.6 Å². The van der Waals surface area contributed by atoms with E-state index >= 15 is 0 Å².